The van der Waals surface area contributed by atoms with E-state index in [0.29, 0.717) is 5.92 Å². The second kappa shape index (κ2) is 7.85. The summed E-state index contributed by atoms with van der Waals surface area (Å²) < 4.78 is 5.85. The van der Waals surface area contributed by atoms with Crippen LogP contribution in [0.25, 0.3) is 0 Å². The van der Waals surface area contributed by atoms with Crippen molar-refractivity contribution in [1.29, 1.82) is 0 Å². The Hall–Kier alpha value is -1.51. The van der Waals surface area contributed by atoms with Crippen LogP contribution in [0.2, 0.25) is 5.02 Å². The lowest BCUT2D eigenvalue weighted by atomic mass is 9.99. The molecule has 1 fully saturated rings. The van der Waals surface area contributed by atoms with Gasteiger partial charge in [-0.2, -0.15) is 0 Å². The van der Waals surface area contributed by atoms with Crippen LogP contribution in [-0.2, 0) is 0 Å². The maximum atomic E-state index is 5.89. The smallest absolute Gasteiger partial charge is 0.127 e. The van der Waals surface area contributed by atoms with Crippen molar-refractivity contribution in [3.63, 3.8) is 0 Å². The van der Waals surface area contributed by atoms with Gasteiger partial charge in [0.1, 0.15) is 11.5 Å². The van der Waals surface area contributed by atoms with E-state index in [4.69, 9.17) is 16.3 Å². The fraction of sp³-hybridized carbons (Fsp3) is 0.400. The first-order valence-corrected chi connectivity index (χ1v) is 8.84. The third kappa shape index (κ3) is 4.73. The second-order valence-corrected chi connectivity index (χ2v) is 6.82. The van der Waals surface area contributed by atoms with Gasteiger partial charge in [0.2, 0.25) is 0 Å². The van der Waals surface area contributed by atoms with Crippen LogP contribution in [0, 0.1) is 0 Å². The van der Waals surface area contributed by atoms with E-state index in [9.17, 15) is 0 Å². The summed E-state index contributed by atoms with van der Waals surface area (Å²) in [7, 11) is 0. The molecule has 1 saturated heterocycles. The molecule has 23 heavy (non-hydrogen) atoms. The molecule has 2 aromatic carbocycles. The van der Waals surface area contributed by atoms with Crippen LogP contribution in [0.5, 0.6) is 11.5 Å². The highest BCUT2D eigenvalue weighted by Gasteiger charge is 2.14. The Morgan fingerprint density at radius 1 is 0.913 bits per heavy atom. The summed E-state index contributed by atoms with van der Waals surface area (Å²) in [6.45, 7) is 5.96. The number of halogens is 1. The Balaban J connectivity index is 1.58. The number of benzene rings is 2. The van der Waals surface area contributed by atoms with Crippen LogP contribution in [0.15, 0.2) is 48.5 Å². The Labute approximate surface area is 144 Å². The lowest BCUT2D eigenvalue weighted by Gasteiger charge is -2.29. The molecule has 0 bridgehead atoms. The highest BCUT2D eigenvalue weighted by Crippen LogP contribution is 2.26. The van der Waals surface area contributed by atoms with Crippen molar-refractivity contribution in [1.82, 2.24) is 4.90 Å². The predicted molar refractivity (Wildman–Crippen MR) is 96.7 cm³/mol. The maximum Gasteiger partial charge on any atom is 0.127 e. The quantitative estimate of drug-likeness (QED) is 0.695. The molecule has 0 amide bonds. The van der Waals surface area contributed by atoms with E-state index in [1.54, 1.807) is 0 Å². The zero-order chi connectivity index (χ0) is 16.1. The predicted octanol–water partition coefficient (Wildman–Crippen LogP) is 5.72. The second-order valence-electron chi connectivity index (χ2n) is 6.39. The van der Waals surface area contributed by atoms with Gasteiger partial charge in [-0.15, -0.1) is 0 Å². The molecule has 122 valence electrons. The summed E-state index contributed by atoms with van der Waals surface area (Å²) in [5.41, 5.74) is 1.37. The van der Waals surface area contributed by atoms with E-state index >= 15 is 0 Å². The van der Waals surface area contributed by atoms with Gasteiger partial charge < -0.3 is 9.64 Å². The lowest BCUT2D eigenvalue weighted by Crippen LogP contribution is -2.32. The fourth-order valence-electron chi connectivity index (χ4n) is 3.14. The average Bonchev–Trinajstić information content (AvgIpc) is 2.58. The van der Waals surface area contributed by atoms with E-state index in [1.165, 1.54) is 37.9 Å². The standard InChI is InChI=1S/C20H24ClNO/c1-16(15-22-13-3-2-4-14-22)17-5-9-19(10-6-17)23-20-11-7-18(21)8-12-20/h5-12,16H,2-4,13-15H2,1H3. The Bertz CT molecular complexity index is 603. The normalized spacial score (nSPS) is 17.0. The van der Waals surface area contributed by atoms with Gasteiger partial charge in [-0.05, 0) is 73.8 Å². The minimum Gasteiger partial charge on any atom is -0.457 e. The average molecular weight is 330 g/mol. The fourth-order valence-corrected chi connectivity index (χ4v) is 3.26. The number of piperidine rings is 1. The van der Waals surface area contributed by atoms with Crippen LogP contribution < -0.4 is 4.74 Å². The summed E-state index contributed by atoms with van der Waals surface area (Å²) in [6.07, 6.45) is 4.09. The number of likely N-dealkylation sites (tertiary alicyclic amines) is 1. The number of hydrogen-bond donors (Lipinski definition) is 0. The van der Waals surface area contributed by atoms with Gasteiger partial charge in [0, 0.05) is 11.6 Å². The van der Waals surface area contributed by atoms with E-state index in [-0.39, 0.29) is 0 Å². The highest BCUT2D eigenvalue weighted by molar-refractivity contribution is 6.30. The van der Waals surface area contributed by atoms with Crippen molar-refractivity contribution < 1.29 is 4.74 Å². The summed E-state index contributed by atoms with van der Waals surface area (Å²) in [4.78, 5) is 2.59. The van der Waals surface area contributed by atoms with Crippen molar-refractivity contribution in [2.75, 3.05) is 19.6 Å². The number of rotatable bonds is 5. The molecule has 1 heterocycles. The monoisotopic (exact) mass is 329 g/mol. The first kappa shape index (κ1) is 16.4. The summed E-state index contributed by atoms with van der Waals surface area (Å²) in [5.74, 6) is 2.22. The van der Waals surface area contributed by atoms with Crippen molar-refractivity contribution >= 4 is 11.6 Å². The Morgan fingerprint density at radius 2 is 1.48 bits per heavy atom. The number of nitrogens with zero attached hydrogens (tertiary/aromatic N) is 1. The first-order chi connectivity index (χ1) is 11.2. The van der Waals surface area contributed by atoms with Crippen LogP contribution in [0.1, 0.15) is 37.7 Å². The molecule has 1 aliphatic rings. The zero-order valence-electron chi connectivity index (χ0n) is 13.7. The third-order valence-corrected chi connectivity index (χ3v) is 4.73. The van der Waals surface area contributed by atoms with Crippen molar-refractivity contribution in [3.8, 4) is 11.5 Å². The zero-order valence-corrected chi connectivity index (χ0v) is 14.4. The molecule has 0 N–H and O–H groups in total. The van der Waals surface area contributed by atoms with Crippen molar-refractivity contribution in [2.24, 2.45) is 0 Å². The highest BCUT2D eigenvalue weighted by atomic mass is 35.5. The Kier molecular flexibility index (Phi) is 5.58. The third-order valence-electron chi connectivity index (χ3n) is 4.48. The molecule has 3 heteroatoms. The number of ether oxygens (including phenoxy) is 1. The van der Waals surface area contributed by atoms with Crippen molar-refractivity contribution in [3.05, 3.63) is 59.1 Å². The lowest BCUT2D eigenvalue weighted by molar-refractivity contribution is 0.219. The Morgan fingerprint density at radius 3 is 2.09 bits per heavy atom. The van der Waals surface area contributed by atoms with Gasteiger partial charge >= 0.3 is 0 Å². The van der Waals surface area contributed by atoms with Crippen LogP contribution in [0.3, 0.4) is 0 Å². The molecule has 1 aliphatic heterocycles. The van der Waals surface area contributed by atoms with E-state index in [0.717, 1.165) is 23.1 Å². The van der Waals surface area contributed by atoms with Gasteiger partial charge in [0.05, 0.1) is 0 Å². The molecule has 0 aromatic heterocycles. The molecule has 1 atom stereocenters. The largest absolute Gasteiger partial charge is 0.457 e. The molecule has 0 spiro atoms. The molecule has 3 rings (SSSR count). The topological polar surface area (TPSA) is 12.5 Å². The SMILES string of the molecule is CC(CN1CCCCC1)c1ccc(Oc2ccc(Cl)cc2)cc1. The molecule has 2 nitrogen and oxygen atoms in total. The molecular weight excluding hydrogens is 306 g/mol. The molecule has 0 aliphatic carbocycles. The van der Waals surface area contributed by atoms with E-state index in [2.05, 4.69) is 36.1 Å². The summed E-state index contributed by atoms with van der Waals surface area (Å²) in [6, 6.07) is 15.9. The molecular formula is C20H24ClNO. The van der Waals surface area contributed by atoms with Crippen LogP contribution >= 0.6 is 11.6 Å². The van der Waals surface area contributed by atoms with Gasteiger partial charge in [0.25, 0.3) is 0 Å². The van der Waals surface area contributed by atoms with Gasteiger partial charge in [-0.1, -0.05) is 37.1 Å². The van der Waals surface area contributed by atoms with E-state index in [1.807, 2.05) is 24.3 Å². The first-order valence-electron chi connectivity index (χ1n) is 8.46. The van der Waals surface area contributed by atoms with Crippen molar-refractivity contribution in [2.45, 2.75) is 32.1 Å². The molecule has 2 aromatic rings. The molecule has 0 saturated carbocycles. The van der Waals surface area contributed by atoms with Gasteiger partial charge in [-0.25, -0.2) is 0 Å². The molecule has 0 radical (unpaired) electrons. The van der Waals surface area contributed by atoms with Gasteiger partial charge in [0.15, 0.2) is 0 Å². The summed E-state index contributed by atoms with van der Waals surface area (Å²) >= 11 is 5.89. The maximum absolute atomic E-state index is 5.89. The van der Waals surface area contributed by atoms with E-state index < -0.39 is 0 Å². The van der Waals surface area contributed by atoms with Gasteiger partial charge in [-0.3, -0.25) is 0 Å². The van der Waals surface area contributed by atoms with Crippen LogP contribution in [-0.4, -0.2) is 24.5 Å². The minimum absolute atomic E-state index is 0.553. The number of hydrogen-bond acceptors (Lipinski definition) is 2. The molecule has 1 unspecified atom stereocenters. The summed E-state index contributed by atoms with van der Waals surface area (Å²) in [5, 5.41) is 0.722. The minimum atomic E-state index is 0.553. The van der Waals surface area contributed by atoms with Crippen LogP contribution in [0.4, 0.5) is 0 Å².